The summed E-state index contributed by atoms with van der Waals surface area (Å²) in [5.74, 6) is 0. The predicted molar refractivity (Wildman–Crippen MR) is 181 cm³/mol. The zero-order chi connectivity index (χ0) is 28.8. The summed E-state index contributed by atoms with van der Waals surface area (Å²) < 4.78 is 6.40. The van der Waals surface area contributed by atoms with E-state index < -0.39 is 7.49 Å². The molecule has 0 aliphatic rings. The molecular weight excluding hydrogens is 545 g/mol. The second-order valence-electron chi connectivity index (χ2n) is 10.7. The van der Waals surface area contributed by atoms with Crippen LogP contribution in [0.15, 0.2) is 162 Å². The van der Waals surface area contributed by atoms with Crippen molar-refractivity contribution < 1.29 is 9.31 Å². The fourth-order valence-corrected chi connectivity index (χ4v) is 8.74. The lowest BCUT2D eigenvalue weighted by Crippen LogP contribution is -2.30. The summed E-state index contributed by atoms with van der Waals surface area (Å²) in [5, 5.41) is 6.11. The molecule has 0 fully saturated rings. The van der Waals surface area contributed by atoms with Gasteiger partial charge in [-0.05, 0) is 59.7 Å². The van der Waals surface area contributed by atoms with Crippen LogP contribution in [0.1, 0.15) is 0 Å². The standard InChI is InChI=1S/C39H27NO2P/c41-43(30-11-3-1-4-12-30,31-13-5-2-6-14-31)32-25-23-28(24-26-32)27-19-21-29(22-20-27)38-39-37(33-15-7-9-17-35(33)40-38)34-16-8-10-18-36(34)42-39/h1-26,41H/q+1. The monoisotopic (exact) mass is 572 g/mol. The third kappa shape index (κ3) is 4.25. The van der Waals surface area contributed by atoms with Gasteiger partial charge in [0.25, 0.3) is 0 Å². The van der Waals surface area contributed by atoms with E-state index in [2.05, 4.69) is 72.8 Å². The summed E-state index contributed by atoms with van der Waals surface area (Å²) in [6, 6.07) is 53.3. The highest BCUT2D eigenvalue weighted by Gasteiger charge is 2.44. The number of nitrogens with zero attached hydrogens (tertiary/aromatic N) is 1. The van der Waals surface area contributed by atoms with Crippen molar-refractivity contribution in [3.8, 4) is 22.4 Å². The zero-order valence-corrected chi connectivity index (χ0v) is 24.2. The highest BCUT2D eigenvalue weighted by atomic mass is 31.2. The Hall–Kier alpha value is -5.08. The molecule has 0 aliphatic heterocycles. The van der Waals surface area contributed by atoms with Crippen LogP contribution in [-0.2, 0) is 0 Å². The van der Waals surface area contributed by atoms with E-state index in [0.717, 1.165) is 71.1 Å². The van der Waals surface area contributed by atoms with Gasteiger partial charge in [-0.2, -0.15) is 0 Å². The van der Waals surface area contributed by atoms with Crippen LogP contribution in [0.25, 0.3) is 55.2 Å². The van der Waals surface area contributed by atoms with Crippen molar-refractivity contribution in [1.29, 1.82) is 0 Å². The fourth-order valence-electron chi connectivity index (χ4n) is 6.05. The first kappa shape index (κ1) is 25.6. The normalized spacial score (nSPS) is 11.8. The third-order valence-corrected chi connectivity index (χ3v) is 11.3. The minimum atomic E-state index is -2.76. The Labute approximate surface area is 250 Å². The van der Waals surface area contributed by atoms with Crippen molar-refractivity contribution in [3.05, 3.63) is 158 Å². The van der Waals surface area contributed by atoms with Crippen molar-refractivity contribution in [1.82, 2.24) is 4.98 Å². The molecule has 1 N–H and O–H groups in total. The molecule has 8 rings (SSSR count). The van der Waals surface area contributed by atoms with Gasteiger partial charge in [0.1, 0.15) is 27.2 Å². The summed E-state index contributed by atoms with van der Waals surface area (Å²) in [4.78, 5) is 17.3. The molecular formula is C39H27NO2P+. The van der Waals surface area contributed by atoms with Crippen molar-refractivity contribution in [2.24, 2.45) is 0 Å². The summed E-state index contributed by atoms with van der Waals surface area (Å²) >= 11 is 0. The second-order valence-corrected chi connectivity index (χ2v) is 13.5. The van der Waals surface area contributed by atoms with Crippen LogP contribution >= 0.6 is 7.49 Å². The van der Waals surface area contributed by atoms with E-state index in [1.807, 2.05) is 84.9 Å². The van der Waals surface area contributed by atoms with E-state index in [0.29, 0.717) is 0 Å². The largest absolute Gasteiger partial charge is 0.454 e. The number of para-hydroxylation sites is 2. The molecule has 4 heteroatoms. The van der Waals surface area contributed by atoms with Crippen LogP contribution in [0.2, 0.25) is 0 Å². The van der Waals surface area contributed by atoms with Gasteiger partial charge in [0, 0.05) is 21.7 Å². The maximum absolute atomic E-state index is 12.3. The Morgan fingerprint density at radius 1 is 0.465 bits per heavy atom. The minimum absolute atomic E-state index is 0.807. The van der Waals surface area contributed by atoms with E-state index in [-0.39, 0.29) is 0 Å². The van der Waals surface area contributed by atoms with E-state index in [4.69, 9.17) is 9.40 Å². The quantitative estimate of drug-likeness (QED) is 0.210. The van der Waals surface area contributed by atoms with Crippen molar-refractivity contribution in [3.63, 3.8) is 0 Å². The summed E-state index contributed by atoms with van der Waals surface area (Å²) in [7, 11) is -2.76. The first-order valence-corrected chi connectivity index (χ1v) is 16.1. The van der Waals surface area contributed by atoms with Gasteiger partial charge in [0.05, 0.1) is 5.52 Å². The lowest BCUT2D eigenvalue weighted by Gasteiger charge is -2.20. The molecule has 6 aromatic carbocycles. The second kappa shape index (κ2) is 10.3. The fraction of sp³-hybridized carbons (Fsp3) is 0. The molecule has 0 spiro atoms. The van der Waals surface area contributed by atoms with E-state index in [9.17, 15) is 4.89 Å². The minimum Gasteiger partial charge on any atom is -0.454 e. The first-order chi connectivity index (χ1) is 21.2. The topological polar surface area (TPSA) is 46.3 Å². The number of hydrogen-bond acceptors (Lipinski definition) is 3. The molecule has 3 nitrogen and oxygen atoms in total. The van der Waals surface area contributed by atoms with Crippen LogP contribution in [0, 0.1) is 0 Å². The lowest BCUT2D eigenvalue weighted by molar-refractivity contribution is 0.633. The number of fused-ring (bicyclic) bond motifs is 5. The lowest BCUT2D eigenvalue weighted by atomic mass is 10.0. The van der Waals surface area contributed by atoms with Gasteiger partial charge in [0.15, 0.2) is 5.58 Å². The Morgan fingerprint density at radius 3 is 1.60 bits per heavy atom. The SMILES string of the molecule is O[P+](c1ccccc1)(c1ccccc1)c1ccc(-c2ccc(-c3nc4ccccc4c4c3oc3ccccc34)cc2)cc1. The average molecular weight is 573 g/mol. The van der Waals surface area contributed by atoms with E-state index in [1.54, 1.807) is 0 Å². The molecule has 2 aromatic heterocycles. The number of aromatic nitrogens is 1. The highest BCUT2D eigenvalue weighted by Crippen LogP contribution is 2.51. The zero-order valence-electron chi connectivity index (χ0n) is 23.3. The molecule has 0 unspecified atom stereocenters. The predicted octanol–water partition coefficient (Wildman–Crippen LogP) is 8.67. The Bertz CT molecular complexity index is 2180. The van der Waals surface area contributed by atoms with Gasteiger partial charge in [-0.15, -0.1) is 0 Å². The molecule has 0 saturated heterocycles. The molecule has 0 saturated carbocycles. The number of benzene rings is 6. The molecule has 204 valence electrons. The molecule has 2 heterocycles. The van der Waals surface area contributed by atoms with Gasteiger partial charge in [-0.1, -0.05) is 109 Å². The Kier molecular flexibility index (Phi) is 6.15. The van der Waals surface area contributed by atoms with E-state index >= 15 is 0 Å². The molecule has 43 heavy (non-hydrogen) atoms. The van der Waals surface area contributed by atoms with Crippen LogP contribution < -0.4 is 15.9 Å². The third-order valence-electron chi connectivity index (χ3n) is 8.21. The molecule has 8 aromatic rings. The van der Waals surface area contributed by atoms with Gasteiger partial charge >= 0.3 is 0 Å². The molecule has 0 radical (unpaired) electrons. The van der Waals surface area contributed by atoms with Crippen LogP contribution in [0.3, 0.4) is 0 Å². The molecule has 0 atom stereocenters. The Morgan fingerprint density at radius 2 is 0.953 bits per heavy atom. The molecule has 0 amide bonds. The number of hydrogen-bond donors (Lipinski definition) is 1. The van der Waals surface area contributed by atoms with Crippen molar-refractivity contribution in [2.45, 2.75) is 0 Å². The summed E-state index contributed by atoms with van der Waals surface area (Å²) in [6.45, 7) is 0. The van der Waals surface area contributed by atoms with Crippen LogP contribution in [0.5, 0.6) is 0 Å². The first-order valence-electron chi connectivity index (χ1n) is 14.3. The Balaban J connectivity index is 1.19. The van der Waals surface area contributed by atoms with Crippen LogP contribution in [0.4, 0.5) is 0 Å². The van der Waals surface area contributed by atoms with Gasteiger partial charge in [-0.25, -0.2) is 9.88 Å². The van der Waals surface area contributed by atoms with Crippen LogP contribution in [-0.4, -0.2) is 9.88 Å². The van der Waals surface area contributed by atoms with Crippen molar-refractivity contribution >= 4 is 56.2 Å². The number of furan rings is 1. The number of rotatable bonds is 5. The maximum Gasteiger partial charge on any atom is 0.238 e. The summed E-state index contributed by atoms with van der Waals surface area (Å²) in [6.07, 6.45) is 0. The smallest absolute Gasteiger partial charge is 0.238 e. The summed E-state index contributed by atoms with van der Waals surface area (Å²) in [5.41, 5.74) is 6.64. The van der Waals surface area contributed by atoms with Gasteiger partial charge < -0.3 is 4.42 Å². The molecule has 0 bridgehead atoms. The highest BCUT2D eigenvalue weighted by molar-refractivity contribution is 7.91. The van der Waals surface area contributed by atoms with Crippen molar-refractivity contribution in [2.75, 3.05) is 0 Å². The molecule has 0 aliphatic carbocycles. The maximum atomic E-state index is 12.3. The van der Waals surface area contributed by atoms with Gasteiger partial charge in [-0.3, -0.25) is 0 Å². The average Bonchev–Trinajstić information content (AvgIpc) is 3.49. The van der Waals surface area contributed by atoms with E-state index in [1.165, 1.54) is 0 Å². The van der Waals surface area contributed by atoms with Gasteiger partial charge in [0.2, 0.25) is 7.49 Å². The number of pyridine rings is 1.